The summed E-state index contributed by atoms with van der Waals surface area (Å²) < 4.78 is 5.46. The highest BCUT2D eigenvalue weighted by atomic mass is 35.5. The van der Waals surface area contributed by atoms with E-state index in [0.717, 1.165) is 36.5 Å². The van der Waals surface area contributed by atoms with Gasteiger partial charge in [-0.2, -0.15) is 0 Å². The van der Waals surface area contributed by atoms with Crippen LogP contribution in [-0.2, 0) is 11.3 Å². The first-order chi connectivity index (χ1) is 8.59. The number of hydrogen-bond acceptors (Lipinski definition) is 5. The van der Waals surface area contributed by atoms with Gasteiger partial charge in [-0.05, 0) is 17.9 Å². The fraction of sp³-hybridized carbons (Fsp3) is 0.667. The predicted molar refractivity (Wildman–Crippen MR) is 80.2 cm³/mol. The van der Waals surface area contributed by atoms with Crippen molar-refractivity contribution in [2.45, 2.75) is 26.8 Å². The third-order valence-electron chi connectivity index (χ3n) is 2.41. The van der Waals surface area contributed by atoms with Crippen molar-refractivity contribution in [2.75, 3.05) is 19.8 Å². The molecule has 7 heteroatoms. The summed E-state index contributed by atoms with van der Waals surface area (Å²) >= 11 is 1.16. The highest BCUT2D eigenvalue weighted by Gasteiger charge is 2.08. The molecule has 1 aromatic rings. The van der Waals surface area contributed by atoms with E-state index in [1.165, 1.54) is 0 Å². The van der Waals surface area contributed by atoms with Gasteiger partial charge in [0.25, 0.3) is 0 Å². The van der Waals surface area contributed by atoms with E-state index in [1.807, 2.05) is 5.38 Å². The fourth-order valence-corrected chi connectivity index (χ4v) is 2.08. The standard InChI is InChI=1S/C12H20N2O3S.ClH/c1-10(2)3-5-17-6-4-13-8-11-7-12(14(15)16)18-9-11;/h7,9-10,13H,3-6,8H2,1-2H3;1H. The van der Waals surface area contributed by atoms with Crippen molar-refractivity contribution in [2.24, 2.45) is 5.92 Å². The summed E-state index contributed by atoms with van der Waals surface area (Å²) in [6.45, 7) is 7.23. The van der Waals surface area contributed by atoms with Crippen molar-refractivity contribution >= 4 is 28.7 Å². The number of hydrogen-bond donors (Lipinski definition) is 1. The van der Waals surface area contributed by atoms with Crippen LogP contribution in [0.15, 0.2) is 11.4 Å². The van der Waals surface area contributed by atoms with E-state index in [0.29, 0.717) is 19.1 Å². The Labute approximate surface area is 123 Å². The second kappa shape index (κ2) is 10.1. The molecule has 0 aliphatic carbocycles. The number of rotatable bonds is 9. The second-order valence-electron chi connectivity index (χ2n) is 4.52. The Hall–Kier alpha value is -0.690. The van der Waals surface area contributed by atoms with Gasteiger partial charge < -0.3 is 10.1 Å². The Bertz CT molecular complexity index is 372. The first-order valence-corrected chi connectivity index (χ1v) is 6.98. The van der Waals surface area contributed by atoms with Gasteiger partial charge in [0.15, 0.2) is 0 Å². The van der Waals surface area contributed by atoms with Crippen LogP contribution in [0.5, 0.6) is 0 Å². The molecule has 19 heavy (non-hydrogen) atoms. The van der Waals surface area contributed by atoms with Gasteiger partial charge in [0.05, 0.1) is 11.5 Å². The first kappa shape index (κ1) is 18.3. The van der Waals surface area contributed by atoms with Crippen molar-refractivity contribution in [3.8, 4) is 0 Å². The van der Waals surface area contributed by atoms with Gasteiger partial charge in [0.2, 0.25) is 0 Å². The maximum atomic E-state index is 10.5. The average Bonchev–Trinajstić information content (AvgIpc) is 2.76. The molecule has 5 nitrogen and oxygen atoms in total. The van der Waals surface area contributed by atoms with Gasteiger partial charge in [0.1, 0.15) is 0 Å². The van der Waals surface area contributed by atoms with Crippen molar-refractivity contribution in [1.29, 1.82) is 0 Å². The van der Waals surface area contributed by atoms with E-state index in [2.05, 4.69) is 19.2 Å². The van der Waals surface area contributed by atoms with Gasteiger partial charge in [0, 0.05) is 31.1 Å². The molecule has 0 atom stereocenters. The van der Waals surface area contributed by atoms with Crippen LogP contribution in [0.2, 0.25) is 0 Å². The number of nitrogens with zero attached hydrogens (tertiary/aromatic N) is 1. The van der Waals surface area contributed by atoms with Crippen molar-refractivity contribution in [3.63, 3.8) is 0 Å². The maximum absolute atomic E-state index is 10.5. The molecule has 0 aromatic carbocycles. The zero-order valence-corrected chi connectivity index (χ0v) is 12.9. The van der Waals surface area contributed by atoms with Gasteiger partial charge >= 0.3 is 5.00 Å². The Kier molecular flexibility index (Phi) is 9.77. The maximum Gasteiger partial charge on any atom is 0.324 e. The van der Waals surface area contributed by atoms with Crippen molar-refractivity contribution in [1.82, 2.24) is 5.32 Å². The lowest BCUT2D eigenvalue weighted by Crippen LogP contribution is -2.19. The van der Waals surface area contributed by atoms with E-state index >= 15 is 0 Å². The lowest BCUT2D eigenvalue weighted by molar-refractivity contribution is -0.380. The van der Waals surface area contributed by atoms with Crippen molar-refractivity contribution in [3.05, 3.63) is 27.1 Å². The topological polar surface area (TPSA) is 64.4 Å². The molecular formula is C12H21ClN2O3S. The molecule has 0 spiro atoms. The van der Waals surface area contributed by atoms with E-state index in [4.69, 9.17) is 4.74 Å². The van der Waals surface area contributed by atoms with Crippen LogP contribution in [0.1, 0.15) is 25.8 Å². The van der Waals surface area contributed by atoms with E-state index in [1.54, 1.807) is 6.07 Å². The molecule has 0 unspecified atom stereocenters. The van der Waals surface area contributed by atoms with Gasteiger partial charge in [-0.15, -0.1) is 12.4 Å². The third-order valence-corrected chi connectivity index (χ3v) is 3.34. The van der Waals surface area contributed by atoms with Crippen LogP contribution in [0, 0.1) is 16.0 Å². The quantitative estimate of drug-likeness (QED) is 0.432. The van der Waals surface area contributed by atoms with Crippen LogP contribution in [-0.4, -0.2) is 24.7 Å². The smallest absolute Gasteiger partial charge is 0.324 e. The molecule has 1 aromatic heterocycles. The number of ether oxygens (including phenoxy) is 1. The van der Waals surface area contributed by atoms with E-state index in [9.17, 15) is 10.1 Å². The Morgan fingerprint density at radius 3 is 2.79 bits per heavy atom. The second-order valence-corrected chi connectivity index (χ2v) is 5.41. The highest BCUT2D eigenvalue weighted by Crippen LogP contribution is 2.22. The Morgan fingerprint density at radius 1 is 1.47 bits per heavy atom. The zero-order valence-electron chi connectivity index (χ0n) is 11.3. The number of thiophene rings is 1. The van der Waals surface area contributed by atoms with Crippen LogP contribution in [0.3, 0.4) is 0 Å². The molecule has 1 N–H and O–H groups in total. The zero-order chi connectivity index (χ0) is 13.4. The molecule has 0 amide bonds. The van der Waals surface area contributed by atoms with Crippen molar-refractivity contribution < 1.29 is 9.66 Å². The molecule has 0 saturated carbocycles. The molecule has 0 saturated heterocycles. The van der Waals surface area contributed by atoms with Crippen LogP contribution in [0.4, 0.5) is 5.00 Å². The van der Waals surface area contributed by atoms with Gasteiger partial charge in [-0.3, -0.25) is 10.1 Å². The highest BCUT2D eigenvalue weighted by molar-refractivity contribution is 7.13. The lowest BCUT2D eigenvalue weighted by Gasteiger charge is -2.06. The molecule has 0 radical (unpaired) electrons. The first-order valence-electron chi connectivity index (χ1n) is 6.10. The Balaban J connectivity index is 0.00000324. The molecule has 110 valence electrons. The molecule has 0 fully saturated rings. The molecule has 0 bridgehead atoms. The Morgan fingerprint density at radius 2 is 2.21 bits per heavy atom. The molecular weight excluding hydrogens is 288 g/mol. The molecule has 0 aliphatic rings. The summed E-state index contributed by atoms with van der Waals surface area (Å²) in [6, 6.07) is 1.61. The summed E-state index contributed by atoms with van der Waals surface area (Å²) in [4.78, 5) is 10.1. The summed E-state index contributed by atoms with van der Waals surface area (Å²) in [6.07, 6.45) is 1.08. The number of nitro groups is 1. The number of halogens is 1. The number of nitrogens with one attached hydrogen (secondary N) is 1. The van der Waals surface area contributed by atoms with Crippen LogP contribution >= 0.6 is 23.7 Å². The molecule has 1 rings (SSSR count). The van der Waals surface area contributed by atoms with E-state index in [-0.39, 0.29) is 22.3 Å². The lowest BCUT2D eigenvalue weighted by atomic mass is 10.1. The predicted octanol–water partition coefficient (Wildman–Crippen LogP) is 3.23. The minimum atomic E-state index is -0.358. The summed E-state index contributed by atoms with van der Waals surface area (Å²) in [5.41, 5.74) is 0.953. The molecule has 0 aliphatic heterocycles. The minimum Gasteiger partial charge on any atom is -0.380 e. The summed E-state index contributed by atoms with van der Waals surface area (Å²) in [5, 5.41) is 15.7. The molecule has 1 heterocycles. The van der Waals surface area contributed by atoms with Crippen LogP contribution in [0.25, 0.3) is 0 Å². The van der Waals surface area contributed by atoms with Crippen LogP contribution < -0.4 is 5.32 Å². The SMILES string of the molecule is CC(C)CCOCCNCc1csc([N+](=O)[O-])c1.Cl. The van der Waals surface area contributed by atoms with Gasteiger partial charge in [-0.1, -0.05) is 25.2 Å². The third kappa shape index (κ3) is 8.15. The summed E-state index contributed by atoms with van der Waals surface area (Å²) in [5.74, 6) is 0.671. The summed E-state index contributed by atoms with van der Waals surface area (Å²) in [7, 11) is 0. The fourth-order valence-electron chi connectivity index (χ4n) is 1.35. The van der Waals surface area contributed by atoms with E-state index < -0.39 is 0 Å². The largest absolute Gasteiger partial charge is 0.380 e. The monoisotopic (exact) mass is 308 g/mol. The normalized spacial score (nSPS) is 10.5. The average molecular weight is 309 g/mol. The van der Waals surface area contributed by atoms with Gasteiger partial charge in [-0.25, -0.2) is 0 Å². The minimum absolute atomic E-state index is 0.